The van der Waals surface area contributed by atoms with Gasteiger partial charge < -0.3 is 4.90 Å². The molecule has 0 spiro atoms. The van der Waals surface area contributed by atoms with E-state index in [1.165, 1.54) is 10.6 Å². The molecule has 0 bridgehead atoms. The van der Waals surface area contributed by atoms with E-state index in [2.05, 4.69) is 25.1 Å². The lowest BCUT2D eigenvalue weighted by Crippen LogP contribution is -2.49. The molecule has 9 heteroatoms. The Labute approximate surface area is 139 Å². The minimum Gasteiger partial charge on any atom is -0.353 e. The molecular weight excluding hydrogens is 328 g/mol. The van der Waals surface area contributed by atoms with Gasteiger partial charge in [0.2, 0.25) is 10.0 Å². The van der Waals surface area contributed by atoms with Crippen molar-refractivity contribution in [2.45, 2.75) is 4.90 Å². The number of H-pyrrole nitrogens is 1. The quantitative estimate of drug-likeness (QED) is 0.757. The van der Waals surface area contributed by atoms with E-state index in [-0.39, 0.29) is 0 Å². The minimum absolute atomic E-state index is 0.331. The highest BCUT2D eigenvalue weighted by Crippen LogP contribution is 2.24. The van der Waals surface area contributed by atoms with Crippen LogP contribution in [0.1, 0.15) is 0 Å². The Kier molecular flexibility index (Phi) is 3.66. The Morgan fingerprint density at radius 2 is 1.75 bits per heavy atom. The largest absolute Gasteiger partial charge is 0.353 e. The molecule has 0 unspecified atom stereocenters. The molecule has 0 atom stereocenters. The molecule has 2 aromatic heterocycles. The number of piperazine rings is 1. The van der Waals surface area contributed by atoms with Crippen LogP contribution in [0, 0.1) is 0 Å². The zero-order chi connectivity index (χ0) is 16.6. The normalized spacial score (nSPS) is 16.6. The van der Waals surface area contributed by atoms with Gasteiger partial charge in [0.05, 0.1) is 16.5 Å². The van der Waals surface area contributed by atoms with Crippen molar-refractivity contribution in [2.24, 2.45) is 0 Å². The van der Waals surface area contributed by atoms with Crippen molar-refractivity contribution in [3.63, 3.8) is 0 Å². The van der Waals surface area contributed by atoms with E-state index in [9.17, 15) is 8.42 Å². The standard InChI is InChI=1S/C15H16N6O2S/c22-24(23,12-4-2-1-3-5-12)21-8-6-20(7-9-21)15-13-10-18-19-14(13)16-11-17-15/h1-5,10-11H,6-9H2,(H,16,17,18,19). The lowest BCUT2D eigenvalue weighted by Gasteiger charge is -2.34. The van der Waals surface area contributed by atoms with E-state index in [1.54, 1.807) is 30.5 Å². The number of aromatic amines is 1. The van der Waals surface area contributed by atoms with Crippen molar-refractivity contribution >= 4 is 26.9 Å². The molecule has 4 rings (SSSR count). The first-order valence-electron chi connectivity index (χ1n) is 7.60. The van der Waals surface area contributed by atoms with Crippen LogP contribution in [0.15, 0.2) is 47.8 Å². The van der Waals surface area contributed by atoms with Crippen LogP contribution in [0.25, 0.3) is 11.0 Å². The number of sulfonamides is 1. The van der Waals surface area contributed by atoms with Gasteiger partial charge in [-0.25, -0.2) is 18.4 Å². The van der Waals surface area contributed by atoms with E-state index in [1.807, 2.05) is 6.07 Å². The summed E-state index contributed by atoms with van der Waals surface area (Å²) in [4.78, 5) is 10.9. The van der Waals surface area contributed by atoms with Gasteiger partial charge in [0.15, 0.2) is 5.65 Å². The highest BCUT2D eigenvalue weighted by atomic mass is 32.2. The number of hydrogen-bond donors (Lipinski definition) is 1. The molecule has 0 saturated carbocycles. The van der Waals surface area contributed by atoms with Crippen LogP contribution in [-0.4, -0.2) is 59.1 Å². The fourth-order valence-corrected chi connectivity index (χ4v) is 4.33. The van der Waals surface area contributed by atoms with Crippen LogP contribution >= 0.6 is 0 Å². The first-order chi connectivity index (χ1) is 11.7. The summed E-state index contributed by atoms with van der Waals surface area (Å²) in [6.45, 7) is 1.98. The molecule has 1 saturated heterocycles. The summed E-state index contributed by atoms with van der Waals surface area (Å²) >= 11 is 0. The van der Waals surface area contributed by atoms with Crippen LogP contribution in [0.2, 0.25) is 0 Å². The summed E-state index contributed by atoms with van der Waals surface area (Å²) in [5.74, 6) is 0.783. The third kappa shape index (κ3) is 2.51. The van der Waals surface area contributed by atoms with Crippen LogP contribution < -0.4 is 4.90 Å². The maximum Gasteiger partial charge on any atom is 0.243 e. The number of rotatable bonds is 3. The van der Waals surface area contributed by atoms with Gasteiger partial charge in [0.1, 0.15) is 12.1 Å². The summed E-state index contributed by atoms with van der Waals surface area (Å²) in [5, 5.41) is 7.65. The second-order valence-electron chi connectivity index (χ2n) is 5.53. The molecule has 3 aromatic rings. The van der Waals surface area contributed by atoms with Crippen molar-refractivity contribution in [3.05, 3.63) is 42.9 Å². The Morgan fingerprint density at radius 3 is 2.50 bits per heavy atom. The van der Waals surface area contributed by atoms with Gasteiger partial charge in [-0.1, -0.05) is 18.2 Å². The summed E-state index contributed by atoms with van der Waals surface area (Å²) in [5.41, 5.74) is 0.680. The molecule has 124 valence electrons. The summed E-state index contributed by atoms with van der Waals surface area (Å²) < 4.78 is 26.9. The molecule has 1 aliphatic heterocycles. The Balaban J connectivity index is 1.54. The summed E-state index contributed by atoms with van der Waals surface area (Å²) in [7, 11) is -3.44. The molecule has 1 fully saturated rings. The Morgan fingerprint density at radius 1 is 1.00 bits per heavy atom. The Hall–Kier alpha value is -2.52. The van der Waals surface area contributed by atoms with E-state index >= 15 is 0 Å². The van der Waals surface area contributed by atoms with Crippen LogP contribution in [-0.2, 0) is 10.0 Å². The number of anilines is 1. The highest BCUT2D eigenvalue weighted by Gasteiger charge is 2.29. The van der Waals surface area contributed by atoms with Gasteiger partial charge >= 0.3 is 0 Å². The third-order valence-electron chi connectivity index (χ3n) is 4.15. The van der Waals surface area contributed by atoms with Gasteiger partial charge in [-0.15, -0.1) is 0 Å². The topological polar surface area (TPSA) is 95.1 Å². The second kappa shape index (κ2) is 5.84. The van der Waals surface area contributed by atoms with Crippen molar-refractivity contribution in [1.82, 2.24) is 24.5 Å². The van der Waals surface area contributed by atoms with Gasteiger partial charge in [0.25, 0.3) is 0 Å². The smallest absolute Gasteiger partial charge is 0.243 e. The number of nitrogens with zero attached hydrogens (tertiary/aromatic N) is 5. The lowest BCUT2D eigenvalue weighted by atomic mass is 10.3. The molecule has 3 heterocycles. The number of fused-ring (bicyclic) bond motifs is 1. The van der Waals surface area contributed by atoms with Gasteiger partial charge in [-0.2, -0.15) is 9.40 Å². The lowest BCUT2D eigenvalue weighted by molar-refractivity contribution is 0.384. The number of hydrogen-bond acceptors (Lipinski definition) is 6. The average Bonchev–Trinajstić information content (AvgIpc) is 3.11. The predicted molar refractivity (Wildman–Crippen MR) is 89.1 cm³/mol. The molecule has 0 radical (unpaired) electrons. The molecule has 0 amide bonds. The average molecular weight is 344 g/mol. The number of benzene rings is 1. The summed E-state index contributed by atoms with van der Waals surface area (Å²) in [6, 6.07) is 8.53. The Bertz CT molecular complexity index is 948. The zero-order valence-corrected chi connectivity index (χ0v) is 13.6. The second-order valence-corrected chi connectivity index (χ2v) is 7.47. The van der Waals surface area contributed by atoms with Gasteiger partial charge in [-0.05, 0) is 12.1 Å². The van der Waals surface area contributed by atoms with Gasteiger partial charge in [-0.3, -0.25) is 5.10 Å². The minimum atomic E-state index is -3.44. The van der Waals surface area contributed by atoms with Crippen LogP contribution in [0.4, 0.5) is 5.82 Å². The fraction of sp³-hybridized carbons (Fsp3) is 0.267. The molecule has 8 nitrogen and oxygen atoms in total. The first-order valence-corrected chi connectivity index (χ1v) is 9.04. The molecule has 1 aliphatic rings. The third-order valence-corrected chi connectivity index (χ3v) is 6.06. The molecule has 1 aromatic carbocycles. The zero-order valence-electron chi connectivity index (χ0n) is 12.8. The molecule has 24 heavy (non-hydrogen) atoms. The highest BCUT2D eigenvalue weighted by molar-refractivity contribution is 7.89. The fourth-order valence-electron chi connectivity index (χ4n) is 2.89. The predicted octanol–water partition coefficient (Wildman–Crippen LogP) is 0.864. The van der Waals surface area contributed by atoms with Crippen molar-refractivity contribution in [1.29, 1.82) is 0 Å². The van der Waals surface area contributed by atoms with Crippen molar-refractivity contribution in [3.8, 4) is 0 Å². The van der Waals surface area contributed by atoms with E-state index in [4.69, 9.17) is 0 Å². The van der Waals surface area contributed by atoms with Crippen molar-refractivity contribution in [2.75, 3.05) is 31.1 Å². The van der Waals surface area contributed by atoms with Gasteiger partial charge in [0, 0.05) is 26.2 Å². The van der Waals surface area contributed by atoms with E-state index in [0.717, 1.165) is 11.2 Å². The number of aromatic nitrogens is 4. The van der Waals surface area contributed by atoms with Crippen LogP contribution in [0.5, 0.6) is 0 Å². The van der Waals surface area contributed by atoms with Crippen LogP contribution in [0.3, 0.4) is 0 Å². The van der Waals surface area contributed by atoms with Crippen molar-refractivity contribution < 1.29 is 8.42 Å². The maximum absolute atomic E-state index is 12.7. The maximum atomic E-state index is 12.7. The van der Waals surface area contributed by atoms with E-state index in [0.29, 0.717) is 36.7 Å². The summed E-state index contributed by atoms with van der Waals surface area (Å²) in [6.07, 6.45) is 3.18. The molecule has 1 N–H and O–H groups in total. The monoisotopic (exact) mass is 344 g/mol. The first kappa shape index (κ1) is 15.0. The van der Waals surface area contributed by atoms with E-state index < -0.39 is 10.0 Å². The number of nitrogens with one attached hydrogen (secondary N) is 1. The SMILES string of the molecule is O=S(=O)(c1ccccc1)N1CCN(c2ncnc3[nH]ncc23)CC1. The molecular formula is C15H16N6O2S. The molecule has 0 aliphatic carbocycles.